The van der Waals surface area contributed by atoms with E-state index in [2.05, 4.69) is 11.0 Å². The molecule has 0 radical (unpaired) electrons. The lowest BCUT2D eigenvalue weighted by atomic mass is 10.1. The summed E-state index contributed by atoms with van der Waals surface area (Å²) in [5, 5.41) is 7.58. The van der Waals surface area contributed by atoms with Gasteiger partial charge in [-0.3, -0.25) is 10.3 Å². The lowest BCUT2D eigenvalue weighted by Gasteiger charge is -2.22. The van der Waals surface area contributed by atoms with Gasteiger partial charge in [0.2, 0.25) is 0 Å². The lowest BCUT2D eigenvalue weighted by Crippen LogP contribution is -2.28. The molecule has 0 aliphatic heterocycles. The Morgan fingerprint density at radius 3 is 2.33 bits per heavy atom. The van der Waals surface area contributed by atoms with Crippen LogP contribution >= 0.6 is 0 Å². The zero-order valence-electron chi connectivity index (χ0n) is 12.8. The van der Waals surface area contributed by atoms with Crippen molar-refractivity contribution in [2.24, 2.45) is 17.6 Å². The van der Waals surface area contributed by atoms with Crippen molar-refractivity contribution >= 4 is 5.84 Å². The Balaban J connectivity index is 1.69. The first kappa shape index (κ1) is 14.4. The van der Waals surface area contributed by atoms with Crippen molar-refractivity contribution in [1.29, 1.82) is 5.41 Å². The predicted octanol–water partition coefficient (Wildman–Crippen LogP) is 2.60. The van der Waals surface area contributed by atoms with Crippen LogP contribution in [-0.4, -0.2) is 30.9 Å². The lowest BCUT2D eigenvalue weighted by molar-refractivity contribution is 0.244. The van der Waals surface area contributed by atoms with Gasteiger partial charge in [-0.2, -0.15) is 0 Å². The summed E-state index contributed by atoms with van der Waals surface area (Å²) in [6.45, 7) is 3.43. The number of hydrogen-bond donors (Lipinski definition) is 2. The van der Waals surface area contributed by atoms with E-state index >= 15 is 0 Å². The molecule has 2 aliphatic rings. The van der Waals surface area contributed by atoms with Crippen molar-refractivity contribution in [3.05, 3.63) is 29.3 Å². The van der Waals surface area contributed by atoms with E-state index in [0.717, 1.165) is 18.4 Å². The van der Waals surface area contributed by atoms with Crippen molar-refractivity contribution in [3.63, 3.8) is 0 Å². The molecule has 1 aromatic rings. The summed E-state index contributed by atoms with van der Waals surface area (Å²) in [6.07, 6.45) is 5.59. The number of nitrogens with two attached hydrogens (primary N) is 1. The molecule has 0 amide bonds. The number of benzene rings is 1. The normalized spacial score (nSPS) is 18.0. The highest BCUT2D eigenvalue weighted by Crippen LogP contribution is 2.34. The van der Waals surface area contributed by atoms with Crippen molar-refractivity contribution in [2.75, 3.05) is 20.2 Å². The average molecular weight is 287 g/mol. The number of nitrogen functional groups attached to an aromatic ring is 1. The molecule has 21 heavy (non-hydrogen) atoms. The fourth-order valence-corrected chi connectivity index (χ4v) is 2.85. The van der Waals surface area contributed by atoms with Crippen molar-refractivity contribution in [2.45, 2.75) is 32.2 Å². The molecule has 114 valence electrons. The quantitative estimate of drug-likeness (QED) is 0.570. The minimum atomic E-state index is 0.0613. The summed E-state index contributed by atoms with van der Waals surface area (Å²) in [4.78, 5) is 2.59. The van der Waals surface area contributed by atoms with E-state index in [-0.39, 0.29) is 5.84 Å². The van der Waals surface area contributed by atoms with E-state index in [1.165, 1.54) is 44.3 Å². The molecule has 0 heterocycles. The fourth-order valence-electron chi connectivity index (χ4n) is 2.85. The van der Waals surface area contributed by atoms with Gasteiger partial charge in [-0.05, 0) is 55.2 Å². The second-order valence-electron chi connectivity index (χ2n) is 6.53. The Morgan fingerprint density at radius 1 is 1.24 bits per heavy atom. The topological polar surface area (TPSA) is 62.3 Å². The largest absolute Gasteiger partial charge is 0.496 e. The molecule has 0 spiro atoms. The van der Waals surface area contributed by atoms with Gasteiger partial charge in [0.15, 0.2) is 0 Å². The Labute approximate surface area is 126 Å². The second-order valence-corrected chi connectivity index (χ2v) is 6.53. The number of nitrogens with one attached hydrogen (secondary N) is 1. The standard InChI is InChI=1S/C17H25N3O/c1-21-16-8-14(6-7-15(16)17(18)19)11-20(9-12-2-3-12)10-13-4-5-13/h6-8,12-13H,2-5,9-11H2,1H3,(H3,18,19). The molecular weight excluding hydrogens is 262 g/mol. The van der Waals surface area contributed by atoms with Crippen molar-refractivity contribution < 1.29 is 4.74 Å². The van der Waals surface area contributed by atoms with Gasteiger partial charge in [-0.15, -0.1) is 0 Å². The zero-order valence-corrected chi connectivity index (χ0v) is 12.8. The summed E-state index contributed by atoms with van der Waals surface area (Å²) in [6, 6.07) is 6.01. The van der Waals surface area contributed by atoms with E-state index in [9.17, 15) is 0 Å². The van der Waals surface area contributed by atoms with Gasteiger partial charge in [0.05, 0.1) is 12.7 Å². The van der Waals surface area contributed by atoms with Gasteiger partial charge in [-0.25, -0.2) is 0 Å². The third-order valence-electron chi connectivity index (χ3n) is 4.39. The summed E-state index contributed by atoms with van der Waals surface area (Å²) >= 11 is 0. The number of methoxy groups -OCH3 is 1. The number of ether oxygens (including phenoxy) is 1. The van der Waals surface area contributed by atoms with E-state index < -0.39 is 0 Å². The van der Waals surface area contributed by atoms with Crippen LogP contribution in [0.4, 0.5) is 0 Å². The molecule has 0 aromatic heterocycles. The number of amidine groups is 1. The van der Waals surface area contributed by atoms with Crippen molar-refractivity contribution in [1.82, 2.24) is 4.90 Å². The highest BCUT2D eigenvalue weighted by molar-refractivity contribution is 5.97. The minimum absolute atomic E-state index is 0.0613. The highest BCUT2D eigenvalue weighted by atomic mass is 16.5. The van der Waals surface area contributed by atoms with Gasteiger partial charge in [0, 0.05) is 19.6 Å². The Hall–Kier alpha value is -1.55. The van der Waals surface area contributed by atoms with E-state index in [4.69, 9.17) is 15.9 Å². The van der Waals surface area contributed by atoms with Gasteiger partial charge >= 0.3 is 0 Å². The van der Waals surface area contributed by atoms with Crippen molar-refractivity contribution in [3.8, 4) is 5.75 Å². The SMILES string of the molecule is COc1cc(CN(CC2CC2)CC2CC2)ccc1C(=N)N. The third kappa shape index (κ3) is 3.97. The van der Waals surface area contributed by atoms with Crippen LogP contribution in [0.2, 0.25) is 0 Å². The first-order chi connectivity index (χ1) is 10.2. The van der Waals surface area contributed by atoms with Gasteiger partial charge in [0.25, 0.3) is 0 Å². The molecule has 4 nitrogen and oxygen atoms in total. The molecule has 3 N–H and O–H groups in total. The molecule has 2 fully saturated rings. The molecule has 2 aliphatic carbocycles. The molecular formula is C17H25N3O. The Bertz CT molecular complexity index is 507. The predicted molar refractivity (Wildman–Crippen MR) is 84.7 cm³/mol. The van der Waals surface area contributed by atoms with Crippen LogP contribution < -0.4 is 10.5 Å². The molecule has 0 unspecified atom stereocenters. The van der Waals surface area contributed by atoms with E-state index in [0.29, 0.717) is 11.3 Å². The maximum atomic E-state index is 7.58. The average Bonchev–Trinajstić information content (AvgIpc) is 3.34. The molecule has 0 saturated heterocycles. The van der Waals surface area contributed by atoms with E-state index in [1.54, 1.807) is 7.11 Å². The summed E-state index contributed by atoms with van der Waals surface area (Å²) in [5.41, 5.74) is 7.51. The minimum Gasteiger partial charge on any atom is -0.496 e. The summed E-state index contributed by atoms with van der Waals surface area (Å²) in [5.74, 6) is 2.60. The zero-order chi connectivity index (χ0) is 14.8. The monoisotopic (exact) mass is 287 g/mol. The molecule has 1 aromatic carbocycles. The van der Waals surface area contributed by atoms with Crippen LogP contribution in [0.25, 0.3) is 0 Å². The molecule has 3 rings (SSSR count). The first-order valence-electron chi connectivity index (χ1n) is 7.89. The first-order valence-corrected chi connectivity index (χ1v) is 7.89. The van der Waals surface area contributed by atoms with Crippen LogP contribution in [0.5, 0.6) is 5.75 Å². The fraction of sp³-hybridized carbons (Fsp3) is 0.588. The summed E-state index contributed by atoms with van der Waals surface area (Å²) in [7, 11) is 1.64. The third-order valence-corrected chi connectivity index (χ3v) is 4.39. The molecule has 0 atom stereocenters. The summed E-state index contributed by atoms with van der Waals surface area (Å²) < 4.78 is 5.38. The Morgan fingerprint density at radius 2 is 1.86 bits per heavy atom. The maximum absolute atomic E-state index is 7.58. The van der Waals surface area contributed by atoms with Gasteiger partial charge in [0.1, 0.15) is 11.6 Å². The smallest absolute Gasteiger partial charge is 0.130 e. The second kappa shape index (κ2) is 6.06. The molecule has 4 heteroatoms. The number of hydrogen-bond acceptors (Lipinski definition) is 3. The van der Waals surface area contributed by atoms with E-state index in [1.807, 2.05) is 12.1 Å². The molecule has 2 saturated carbocycles. The van der Waals surface area contributed by atoms with Gasteiger partial charge in [-0.1, -0.05) is 6.07 Å². The van der Waals surface area contributed by atoms with Crippen LogP contribution in [0.1, 0.15) is 36.8 Å². The Kier molecular flexibility index (Phi) is 4.15. The molecule has 0 bridgehead atoms. The number of nitrogens with zero attached hydrogens (tertiary/aromatic N) is 1. The van der Waals surface area contributed by atoms with Crippen LogP contribution in [0.3, 0.4) is 0 Å². The van der Waals surface area contributed by atoms with Crippen LogP contribution in [-0.2, 0) is 6.54 Å². The van der Waals surface area contributed by atoms with Crippen LogP contribution in [0.15, 0.2) is 18.2 Å². The number of rotatable bonds is 8. The van der Waals surface area contributed by atoms with Gasteiger partial charge < -0.3 is 10.5 Å². The highest BCUT2D eigenvalue weighted by Gasteiger charge is 2.29. The maximum Gasteiger partial charge on any atom is 0.130 e. The van der Waals surface area contributed by atoms with Crippen LogP contribution in [0, 0.1) is 17.2 Å².